The van der Waals surface area contributed by atoms with Crippen molar-refractivity contribution in [3.05, 3.63) is 53.6 Å². The summed E-state index contributed by atoms with van der Waals surface area (Å²) in [6.45, 7) is 6.51. The molecule has 3 fully saturated rings. The molecule has 3 amide bonds. The summed E-state index contributed by atoms with van der Waals surface area (Å²) in [7, 11) is 0. The Bertz CT molecular complexity index is 1230. The minimum Gasteiger partial charge on any atom is -0.426 e. The van der Waals surface area contributed by atoms with Crippen molar-refractivity contribution in [3.8, 4) is 5.75 Å². The van der Waals surface area contributed by atoms with E-state index in [4.69, 9.17) is 4.74 Å². The summed E-state index contributed by atoms with van der Waals surface area (Å²) in [4.78, 5) is 55.2. The molecule has 37 heavy (non-hydrogen) atoms. The quantitative estimate of drug-likeness (QED) is 0.325. The van der Waals surface area contributed by atoms with Crippen LogP contribution in [0.3, 0.4) is 0 Å². The fraction of sp³-hybridized carbons (Fsp3) is 0.467. The van der Waals surface area contributed by atoms with Crippen LogP contribution in [0.4, 0.5) is 11.4 Å². The van der Waals surface area contributed by atoms with Gasteiger partial charge in [0, 0.05) is 24.7 Å². The molecule has 0 N–H and O–H groups in total. The number of rotatable bonds is 6. The van der Waals surface area contributed by atoms with E-state index in [0.717, 1.165) is 48.9 Å². The molecule has 3 aliphatic rings. The predicted octanol–water partition coefficient (Wildman–Crippen LogP) is 4.70. The first-order chi connectivity index (χ1) is 17.8. The standard InChI is InChI=1S/C30H34N2O5/c1-4-19-8-6-9-20(5-2)27(19)31-17-21(15-26(31)33)30(36)37-23-11-7-10-22(16-23)32-28(34)24-13-12-18(3)14-25(24)29(32)35/h6-11,16,18,21,24-25H,4-5,12-15,17H2,1-3H3/t18-,21-,24-,25-/m1/s1. The number of nitrogens with zero attached hydrogens (tertiary/aromatic N) is 2. The van der Waals surface area contributed by atoms with E-state index < -0.39 is 11.9 Å². The summed E-state index contributed by atoms with van der Waals surface area (Å²) >= 11 is 0. The van der Waals surface area contributed by atoms with Crippen LogP contribution < -0.4 is 14.5 Å². The topological polar surface area (TPSA) is 84.0 Å². The molecule has 0 unspecified atom stereocenters. The van der Waals surface area contributed by atoms with Crippen molar-refractivity contribution in [2.45, 2.75) is 59.3 Å². The van der Waals surface area contributed by atoms with Crippen molar-refractivity contribution in [1.82, 2.24) is 0 Å². The van der Waals surface area contributed by atoms with Gasteiger partial charge in [0.25, 0.3) is 0 Å². The fourth-order valence-electron chi connectivity index (χ4n) is 6.17. The second-order valence-corrected chi connectivity index (χ2v) is 10.6. The zero-order valence-electron chi connectivity index (χ0n) is 21.7. The Morgan fingerprint density at radius 2 is 1.62 bits per heavy atom. The van der Waals surface area contributed by atoms with Crippen LogP contribution in [0.5, 0.6) is 5.75 Å². The first kappa shape index (κ1) is 25.2. The molecular weight excluding hydrogens is 468 g/mol. The van der Waals surface area contributed by atoms with E-state index in [1.165, 1.54) is 4.90 Å². The molecule has 0 aromatic heterocycles. The van der Waals surface area contributed by atoms with Gasteiger partial charge < -0.3 is 9.64 Å². The van der Waals surface area contributed by atoms with Crippen LogP contribution in [0.25, 0.3) is 0 Å². The summed E-state index contributed by atoms with van der Waals surface area (Å²) in [5, 5.41) is 0. The molecule has 0 spiro atoms. The van der Waals surface area contributed by atoms with Crippen molar-refractivity contribution in [2.24, 2.45) is 23.7 Å². The average molecular weight is 503 g/mol. The van der Waals surface area contributed by atoms with Crippen LogP contribution in [-0.2, 0) is 32.0 Å². The Hall–Kier alpha value is -3.48. The zero-order chi connectivity index (χ0) is 26.3. The largest absolute Gasteiger partial charge is 0.426 e. The third kappa shape index (κ3) is 4.56. The molecule has 7 heteroatoms. The van der Waals surface area contributed by atoms with E-state index in [-0.39, 0.29) is 48.3 Å². The maximum absolute atomic E-state index is 13.1. The highest BCUT2D eigenvalue weighted by Crippen LogP contribution is 2.42. The third-order valence-electron chi connectivity index (χ3n) is 8.18. The van der Waals surface area contributed by atoms with Crippen LogP contribution >= 0.6 is 0 Å². The molecule has 1 saturated carbocycles. The van der Waals surface area contributed by atoms with Gasteiger partial charge in [0.15, 0.2) is 0 Å². The number of esters is 1. The van der Waals surface area contributed by atoms with Gasteiger partial charge >= 0.3 is 5.97 Å². The minimum absolute atomic E-state index is 0.0867. The molecule has 2 aromatic rings. The Balaban J connectivity index is 1.31. The summed E-state index contributed by atoms with van der Waals surface area (Å²) in [6, 6.07) is 12.6. The number of carbonyl (C=O) groups is 4. The number of hydrogen-bond donors (Lipinski definition) is 0. The molecule has 4 atom stereocenters. The van der Waals surface area contributed by atoms with Crippen molar-refractivity contribution in [2.75, 3.05) is 16.3 Å². The lowest BCUT2D eigenvalue weighted by Gasteiger charge is -2.25. The Kier molecular flexibility index (Phi) is 6.88. The van der Waals surface area contributed by atoms with Gasteiger partial charge in [-0.2, -0.15) is 0 Å². The monoisotopic (exact) mass is 502 g/mol. The van der Waals surface area contributed by atoms with Gasteiger partial charge in [-0.25, -0.2) is 4.90 Å². The second-order valence-electron chi connectivity index (χ2n) is 10.6. The lowest BCUT2D eigenvalue weighted by atomic mass is 9.76. The molecular formula is C30H34N2O5. The fourth-order valence-corrected chi connectivity index (χ4v) is 6.17. The number of para-hydroxylation sites is 1. The van der Waals surface area contributed by atoms with Crippen LogP contribution in [0.15, 0.2) is 42.5 Å². The van der Waals surface area contributed by atoms with E-state index in [1.54, 1.807) is 29.2 Å². The van der Waals surface area contributed by atoms with Crippen molar-refractivity contribution >= 4 is 35.1 Å². The maximum atomic E-state index is 13.1. The van der Waals surface area contributed by atoms with Crippen LogP contribution in [0, 0.1) is 23.7 Å². The maximum Gasteiger partial charge on any atom is 0.316 e. The number of aryl methyl sites for hydroxylation is 2. The highest BCUT2D eigenvalue weighted by atomic mass is 16.5. The highest BCUT2D eigenvalue weighted by molar-refractivity contribution is 6.22. The second kappa shape index (κ2) is 10.1. The van der Waals surface area contributed by atoms with Gasteiger partial charge in [-0.15, -0.1) is 0 Å². The van der Waals surface area contributed by atoms with Crippen molar-refractivity contribution in [3.63, 3.8) is 0 Å². The van der Waals surface area contributed by atoms with Crippen LogP contribution in [0.2, 0.25) is 0 Å². The first-order valence-electron chi connectivity index (χ1n) is 13.4. The SMILES string of the molecule is CCc1cccc(CC)c1N1C[C@H](C(=O)Oc2cccc(N3C(=O)[C@@H]4CC[C@@H](C)C[C@H]4C3=O)c2)CC1=O. The van der Waals surface area contributed by atoms with E-state index in [1.807, 2.05) is 18.2 Å². The lowest BCUT2D eigenvalue weighted by Crippen LogP contribution is -2.31. The smallest absolute Gasteiger partial charge is 0.316 e. The summed E-state index contributed by atoms with van der Waals surface area (Å²) < 4.78 is 5.68. The molecule has 0 radical (unpaired) electrons. The molecule has 2 saturated heterocycles. The van der Waals surface area contributed by atoms with Crippen molar-refractivity contribution in [1.29, 1.82) is 0 Å². The summed E-state index contributed by atoms with van der Waals surface area (Å²) in [5.74, 6) is -1.33. The number of fused-ring (bicyclic) bond motifs is 1. The number of anilines is 2. The number of benzene rings is 2. The predicted molar refractivity (Wildman–Crippen MR) is 140 cm³/mol. The first-order valence-corrected chi connectivity index (χ1v) is 13.4. The molecule has 2 aromatic carbocycles. The van der Waals surface area contributed by atoms with Crippen molar-refractivity contribution < 1.29 is 23.9 Å². The number of ether oxygens (including phenoxy) is 1. The molecule has 0 bridgehead atoms. The molecule has 1 aliphatic carbocycles. The Labute approximate surface area is 217 Å². The highest BCUT2D eigenvalue weighted by Gasteiger charge is 2.50. The van der Waals surface area contributed by atoms with E-state index in [9.17, 15) is 19.2 Å². The van der Waals surface area contributed by atoms with E-state index >= 15 is 0 Å². The Morgan fingerprint density at radius 3 is 2.32 bits per heavy atom. The van der Waals surface area contributed by atoms with Crippen LogP contribution in [-0.4, -0.2) is 30.2 Å². The number of amides is 3. The summed E-state index contributed by atoms with van der Waals surface area (Å²) in [6.07, 6.45) is 4.09. The molecule has 2 heterocycles. The van der Waals surface area contributed by atoms with Gasteiger partial charge in [-0.3, -0.25) is 19.2 Å². The number of carbonyl (C=O) groups excluding carboxylic acids is 4. The third-order valence-corrected chi connectivity index (χ3v) is 8.18. The van der Waals surface area contributed by atoms with Gasteiger partial charge in [0.1, 0.15) is 5.75 Å². The lowest BCUT2D eigenvalue weighted by molar-refractivity contribution is -0.139. The minimum atomic E-state index is -0.592. The zero-order valence-corrected chi connectivity index (χ0v) is 21.7. The van der Waals surface area contributed by atoms with Gasteiger partial charge in [0.2, 0.25) is 17.7 Å². The van der Waals surface area contributed by atoms with E-state index in [2.05, 4.69) is 20.8 Å². The normalized spacial score (nSPS) is 25.5. The molecule has 7 nitrogen and oxygen atoms in total. The van der Waals surface area contributed by atoms with Crippen LogP contribution in [0.1, 0.15) is 57.6 Å². The Morgan fingerprint density at radius 1 is 0.946 bits per heavy atom. The number of imide groups is 1. The molecule has 2 aliphatic heterocycles. The molecule has 5 rings (SSSR count). The van der Waals surface area contributed by atoms with E-state index in [0.29, 0.717) is 11.6 Å². The number of hydrogen-bond acceptors (Lipinski definition) is 5. The van der Waals surface area contributed by atoms with Gasteiger partial charge in [-0.05, 0) is 61.3 Å². The van der Waals surface area contributed by atoms with Gasteiger partial charge in [-0.1, -0.05) is 45.0 Å². The van der Waals surface area contributed by atoms with Gasteiger partial charge in [0.05, 0.1) is 23.4 Å². The summed E-state index contributed by atoms with van der Waals surface area (Å²) in [5.41, 5.74) is 3.52. The average Bonchev–Trinajstić information content (AvgIpc) is 3.40. The molecule has 194 valence electrons.